The lowest BCUT2D eigenvalue weighted by Crippen LogP contribution is -2.37. The van der Waals surface area contributed by atoms with Crippen LogP contribution >= 0.6 is 0 Å². The molecule has 0 saturated carbocycles. The topological polar surface area (TPSA) is 68.2 Å². The number of rotatable bonds is 4. The maximum Gasteiger partial charge on any atom is 0.320 e. The van der Waals surface area contributed by atoms with Gasteiger partial charge in [-0.15, -0.1) is 0 Å². The highest BCUT2D eigenvalue weighted by Crippen LogP contribution is 2.28. The summed E-state index contributed by atoms with van der Waals surface area (Å²) in [5.41, 5.74) is 3.06. The summed E-state index contributed by atoms with van der Waals surface area (Å²) in [5.74, 6) is 1.43. The molecule has 2 amide bonds. The number of carbonyl (C=O) groups excluding carboxylic acids is 1. The van der Waals surface area contributed by atoms with E-state index in [1.54, 1.807) is 4.68 Å². The van der Waals surface area contributed by atoms with E-state index in [-0.39, 0.29) is 12.1 Å². The summed E-state index contributed by atoms with van der Waals surface area (Å²) in [7, 11) is 1.83. The van der Waals surface area contributed by atoms with E-state index in [4.69, 9.17) is 4.74 Å². The number of nitrogens with one attached hydrogen (secondary N) is 2. The second-order valence-electron chi connectivity index (χ2n) is 6.32. The van der Waals surface area contributed by atoms with Gasteiger partial charge in [0, 0.05) is 25.2 Å². The molecule has 2 heterocycles. The van der Waals surface area contributed by atoms with Crippen molar-refractivity contribution >= 4 is 11.8 Å². The summed E-state index contributed by atoms with van der Waals surface area (Å²) in [6.45, 7) is 0.439. The highest BCUT2D eigenvalue weighted by Gasteiger charge is 2.23. The molecule has 1 aliphatic rings. The lowest BCUT2D eigenvalue weighted by molar-refractivity contribution is 0.219. The van der Waals surface area contributed by atoms with Crippen molar-refractivity contribution in [2.24, 2.45) is 7.05 Å². The normalized spacial score (nSPS) is 15.2. The number of ether oxygens (including phenoxy) is 1. The number of hydrogen-bond donors (Lipinski definition) is 2. The van der Waals surface area contributed by atoms with E-state index in [9.17, 15) is 4.79 Å². The van der Waals surface area contributed by atoms with Gasteiger partial charge in [-0.05, 0) is 17.2 Å². The van der Waals surface area contributed by atoms with Crippen molar-refractivity contribution in [2.45, 2.75) is 12.5 Å². The molecule has 0 bridgehead atoms. The summed E-state index contributed by atoms with van der Waals surface area (Å²) < 4.78 is 7.53. The van der Waals surface area contributed by atoms with Crippen LogP contribution < -0.4 is 15.4 Å². The lowest BCUT2D eigenvalue weighted by Gasteiger charge is -2.12. The van der Waals surface area contributed by atoms with Crippen LogP contribution in [0, 0.1) is 0 Å². The number of anilines is 1. The summed E-state index contributed by atoms with van der Waals surface area (Å²) >= 11 is 0. The lowest BCUT2D eigenvalue weighted by atomic mass is 10.1. The zero-order valence-electron chi connectivity index (χ0n) is 14.5. The Morgan fingerprint density at radius 3 is 2.77 bits per heavy atom. The first-order chi connectivity index (χ1) is 12.7. The number of benzene rings is 2. The SMILES string of the molecule is Cn1cc(-c2ccccc2)c(NC(=O)NCC2Cc3ccccc3O2)n1. The van der Waals surface area contributed by atoms with Crippen molar-refractivity contribution in [1.29, 1.82) is 0 Å². The molecule has 4 rings (SSSR count). The molecule has 3 aromatic rings. The molecule has 0 fully saturated rings. The molecular weight excluding hydrogens is 328 g/mol. The molecule has 1 unspecified atom stereocenters. The van der Waals surface area contributed by atoms with Gasteiger partial charge in [0.15, 0.2) is 5.82 Å². The van der Waals surface area contributed by atoms with Crippen molar-refractivity contribution < 1.29 is 9.53 Å². The predicted octanol–water partition coefficient (Wildman–Crippen LogP) is 3.21. The van der Waals surface area contributed by atoms with Crippen molar-refractivity contribution in [1.82, 2.24) is 15.1 Å². The summed E-state index contributed by atoms with van der Waals surface area (Å²) in [6, 6.07) is 17.5. The summed E-state index contributed by atoms with van der Waals surface area (Å²) in [6.07, 6.45) is 2.65. The van der Waals surface area contributed by atoms with E-state index < -0.39 is 0 Å². The van der Waals surface area contributed by atoms with Gasteiger partial charge in [-0.1, -0.05) is 48.5 Å². The van der Waals surface area contributed by atoms with Gasteiger partial charge in [0.05, 0.1) is 6.54 Å². The number of hydrogen-bond acceptors (Lipinski definition) is 3. The number of amides is 2. The average Bonchev–Trinajstić information content (AvgIpc) is 3.23. The molecule has 6 heteroatoms. The minimum absolute atomic E-state index is 0.0459. The number of para-hydroxylation sites is 1. The zero-order valence-corrected chi connectivity index (χ0v) is 14.5. The van der Waals surface area contributed by atoms with Gasteiger partial charge in [-0.25, -0.2) is 4.79 Å². The quantitative estimate of drug-likeness (QED) is 0.761. The molecule has 132 valence electrons. The summed E-state index contributed by atoms with van der Waals surface area (Å²) in [5, 5.41) is 10.1. The Balaban J connectivity index is 1.38. The fourth-order valence-electron chi connectivity index (χ4n) is 3.14. The highest BCUT2D eigenvalue weighted by atomic mass is 16.5. The first-order valence-corrected chi connectivity index (χ1v) is 8.57. The molecule has 1 aliphatic heterocycles. The average molecular weight is 348 g/mol. The second-order valence-corrected chi connectivity index (χ2v) is 6.32. The Morgan fingerprint density at radius 2 is 1.96 bits per heavy atom. The van der Waals surface area contributed by atoms with E-state index in [1.165, 1.54) is 5.56 Å². The first kappa shape index (κ1) is 16.2. The Labute approximate surface area is 151 Å². The van der Waals surface area contributed by atoms with Crippen molar-refractivity contribution in [3.8, 4) is 16.9 Å². The number of nitrogens with zero attached hydrogens (tertiary/aromatic N) is 2. The number of carbonyl (C=O) groups is 1. The molecule has 2 N–H and O–H groups in total. The second kappa shape index (κ2) is 6.92. The third-order valence-corrected chi connectivity index (χ3v) is 4.35. The Bertz CT molecular complexity index is 896. The van der Waals surface area contributed by atoms with Gasteiger partial charge in [-0.3, -0.25) is 10.00 Å². The molecule has 1 aromatic heterocycles. The number of fused-ring (bicyclic) bond motifs is 1. The van der Waals surface area contributed by atoms with Crippen LogP contribution in [0.3, 0.4) is 0 Å². The first-order valence-electron chi connectivity index (χ1n) is 8.57. The maximum atomic E-state index is 12.3. The Kier molecular flexibility index (Phi) is 4.31. The van der Waals surface area contributed by atoms with Crippen LogP contribution in [0.5, 0.6) is 5.75 Å². The zero-order chi connectivity index (χ0) is 17.9. The van der Waals surface area contributed by atoms with Crippen molar-refractivity contribution in [3.05, 3.63) is 66.4 Å². The largest absolute Gasteiger partial charge is 0.488 e. The molecule has 0 radical (unpaired) electrons. The van der Waals surface area contributed by atoms with Gasteiger partial charge in [0.25, 0.3) is 0 Å². The monoisotopic (exact) mass is 348 g/mol. The molecule has 26 heavy (non-hydrogen) atoms. The number of aryl methyl sites for hydroxylation is 1. The molecule has 2 aromatic carbocycles. The van der Waals surface area contributed by atoms with Crippen molar-refractivity contribution in [3.63, 3.8) is 0 Å². The van der Waals surface area contributed by atoms with Crippen molar-refractivity contribution in [2.75, 3.05) is 11.9 Å². The van der Waals surface area contributed by atoms with Crippen LogP contribution in [0.15, 0.2) is 60.8 Å². The van der Waals surface area contributed by atoms with Gasteiger partial charge >= 0.3 is 6.03 Å². The third kappa shape index (κ3) is 3.39. The molecule has 6 nitrogen and oxygen atoms in total. The van der Waals surface area contributed by atoms with Crippen LogP contribution in [0.25, 0.3) is 11.1 Å². The van der Waals surface area contributed by atoms with Gasteiger partial charge in [0.1, 0.15) is 11.9 Å². The van der Waals surface area contributed by atoms with E-state index in [1.807, 2.05) is 61.8 Å². The standard InChI is InChI=1S/C20H20N4O2/c1-24-13-17(14-7-3-2-4-8-14)19(23-24)22-20(25)21-12-16-11-15-9-5-6-10-18(15)26-16/h2-10,13,16H,11-12H2,1H3,(H2,21,22,23,25). The van der Waals surface area contributed by atoms with E-state index in [2.05, 4.69) is 21.8 Å². The number of urea groups is 1. The highest BCUT2D eigenvalue weighted by molar-refractivity contribution is 5.92. The molecular formula is C20H20N4O2. The maximum absolute atomic E-state index is 12.3. The van der Waals surface area contributed by atoms with E-state index >= 15 is 0 Å². The predicted molar refractivity (Wildman–Crippen MR) is 100 cm³/mol. The minimum atomic E-state index is -0.291. The van der Waals surface area contributed by atoms with Gasteiger partial charge in [0.2, 0.25) is 0 Å². The van der Waals surface area contributed by atoms with Gasteiger partial charge < -0.3 is 10.1 Å². The molecule has 0 aliphatic carbocycles. The van der Waals surface area contributed by atoms with E-state index in [0.717, 1.165) is 23.3 Å². The molecule has 1 atom stereocenters. The third-order valence-electron chi connectivity index (χ3n) is 4.35. The fourth-order valence-corrected chi connectivity index (χ4v) is 3.14. The van der Waals surface area contributed by atoms with Crippen LogP contribution in [-0.4, -0.2) is 28.5 Å². The van der Waals surface area contributed by atoms with Crippen LogP contribution in [-0.2, 0) is 13.5 Å². The summed E-state index contributed by atoms with van der Waals surface area (Å²) in [4.78, 5) is 12.3. The van der Waals surface area contributed by atoms with Crippen LogP contribution in [0.1, 0.15) is 5.56 Å². The minimum Gasteiger partial charge on any atom is -0.488 e. The Hall–Kier alpha value is -3.28. The smallest absolute Gasteiger partial charge is 0.320 e. The fraction of sp³-hybridized carbons (Fsp3) is 0.200. The van der Waals surface area contributed by atoms with E-state index in [0.29, 0.717) is 12.4 Å². The molecule has 0 spiro atoms. The number of aromatic nitrogens is 2. The van der Waals surface area contributed by atoms with Crippen LogP contribution in [0.2, 0.25) is 0 Å². The van der Waals surface area contributed by atoms with Crippen LogP contribution in [0.4, 0.5) is 10.6 Å². The molecule has 0 saturated heterocycles. The van der Waals surface area contributed by atoms with Gasteiger partial charge in [-0.2, -0.15) is 5.10 Å². The Morgan fingerprint density at radius 1 is 1.19 bits per heavy atom.